The average Bonchev–Trinajstić information content (AvgIpc) is 2.94. The van der Waals surface area contributed by atoms with Crippen molar-refractivity contribution in [1.29, 1.82) is 0 Å². The van der Waals surface area contributed by atoms with Gasteiger partial charge in [-0.3, -0.25) is 0 Å². The maximum atomic E-state index is 3.86. The number of anilines is 1. The van der Waals surface area contributed by atoms with E-state index in [1.807, 2.05) is 12.1 Å². The second kappa shape index (κ2) is 6.87. The molecule has 0 saturated heterocycles. The molecule has 0 aliphatic rings. The van der Waals surface area contributed by atoms with Crippen LogP contribution in [0.5, 0.6) is 0 Å². The van der Waals surface area contributed by atoms with E-state index >= 15 is 0 Å². The van der Waals surface area contributed by atoms with E-state index in [0.717, 1.165) is 11.4 Å². The fourth-order valence-electron chi connectivity index (χ4n) is 2.05. The molecular formula is C14H21N5. The van der Waals surface area contributed by atoms with Gasteiger partial charge in [-0.1, -0.05) is 26.2 Å². The maximum absolute atomic E-state index is 3.86. The summed E-state index contributed by atoms with van der Waals surface area (Å²) in [4.78, 5) is 0. The summed E-state index contributed by atoms with van der Waals surface area (Å²) in [6, 6.07) is 8.65. The van der Waals surface area contributed by atoms with E-state index in [1.54, 1.807) is 11.0 Å². The lowest BCUT2D eigenvalue weighted by Crippen LogP contribution is -2.14. The van der Waals surface area contributed by atoms with Crippen molar-refractivity contribution >= 4 is 5.69 Å². The molecule has 0 fully saturated rings. The summed E-state index contributed by atoms with van der Waals surface area (Å²) < 4.78 is 1.65. The van der Waals surface area contributed by atoms with Gasteiger partial charge in [0.15, 0.2) is 0 Å². The van der Waals surface area contributed by atoms with Crippen LogP contribution in [0.4, 0.5) is 5.69 Å². The molecule has 102 valence electrons. The molecule has 1 aromatic heterocycles. The number of tetrazole rings is 1. The summed E-state index contributed by atoms with van der Waals surface area (Å²) in [7, 11) is 0. The van der Waals surface area contributed by atoms with Gasteiger partial charge in [0.05, 0.1) is 5.69 Å². The molecule has 0 spiro atoms. The number of hydrogen-bond acceptors (Lipinski definition) is 4. The molecule has 2 rings (SSSR count). The summed E-state index contributed by atoms with van der Waals surface area (Å²) in [5.41, 5.74) is 2.11. The molecule has 1 N–H and O–H groups in total. The number of benzene rings is 1. The standard InChI is InChI=1S/C14H21N5/c1-3-4-5-6-12(2)16-13-7-9-14(10-8-13)19-11-15-17-18-19/h7-12,16H,3-6H2,1-2H3. The zero-order valence-electron chi connectivity index (χ0n) is 11.6. The molecule has 0 radical (unpaired) electrons. The molecule has 0 bridgehead atoms. The molecule has 0 saturated carbocycles. The fraction of sp³-hybridized carbons (Fsp3) is 0.500. The van der Waals surface area contributed by atoms with Gasteiger partial charge in [-0.2, -0.15) is 0 Å². The SMILES string of the molecule is CCCCCC(C)Nc1ccc(-n2cnnn2)cc1. The summed E-state index contributed by atoms with van der Waals surface area (Å²) in [5, 5.41) is 14.6. The lowest BCUT2D eigenvalue weighted by Gasteiger charge is -2.15. The van der Waals surface area contributed by atoms with Crippen LogP contribution in [-0.2, 0) is 0 Å². The fourth-order valence-corrected chi connectivity index (χ4v) is 2.05. The lowest BCUT2D eigenvalue weighted by atomic mass is 10.1. The van der Waals surface area contributed by atoms with Crippen molar-refractivity contribution in [3.8, 4) is 5.69 Å². The third-order valence-electron chi connectivity index (χ3n) is 3.13. The van der Waals surface area contributed by atoms with Crippen molar-refractivity contribution in [2.45, 2.75) is 45.6 Å². The number of nitrogens with one attached hydrogen (secondary N) is 1. The third kappa shape index (κ3) is 4.05. The van der Waals surface area contributed by atoms with Crippen LogP contribution in [0, 0.1) is 0 Å². The molecule has 0 aliphatic carbocycles. The zero-order chi connectivity index (χ0) is 13.5. The highest BCUT2D eigenvalue weighted by Gasteiger charge is 2.02. The van der Waals surface area contributed by atoms with Gasteiger partial charge < -0.3 is 5.32 Å². The Morgan fingerprint density at radius 3 is 2.63 bits per heavy atom. The van der Waals surface area contributed by atoms with Gasteiger partial charge in [0.1, 0.15) is 6.33 Å². The van der Waals surface area contributed by atoms with Gasteiger partial charge in [0.25, 0.3) is 0 Å². The van der Waals surface area contributed by atoms with E-state index in [9.17, 15) is 0 Å². The van der Waals surface area contributed by atoms with E-state index in [1.165, 1.54) is 25.7 Å². The molecule has 2 aromatic rings. The first-order chi connectivity index (χ1) is 9.29. The Morgan fingerprint density at radius 2 is 2.00 bits per heavy atom. The Bertz CT molecular complexity index is 463. The first-order valence-corrected chi connectivity index (χ1v) is 6.89. The quantitative estimate of drug-likeness (QED) is 0.776. The monoisotopic (exact) mass is 259 g/mol. The highest BCUT2D eigenvalue weighted by Crippen LogP contribution is 2.14. The second-order valence-electron chi connectivity index (χ2n) is 4.84. The van der Waals surface area contributed by atoms with Crippen LogP contribution in [0.15, 0.2) is 30.6 Å². The first-order valence-electron chi connectivity index (χ1n) is 6.89. The summed E-state index contributed by atoms with van der Waals surface area (Å²) in [5.74, 6) is 0. The second-order valence-corrected chi connectivity index (χ2v) is 4.84. The van der Waals surface area contributed by atoms with Gasteiger partial charge in [-0.25, -0.2) is 4.68 Å². The first kappa shape index (κ1) is 13.5. The largest absolute Gasteiger partial charge is 0.383 e. The Morgan fingerprint density at radius 1 is 1.21 bits per heavy atom. The van der Waals surface area contributed by atoms with Crippen LogP contribution in [0.2, 0.25) is 0 Å². The van der Waals surface area contributed by atoms with Crippen LogP contribution < -0.4 is 5.32 Å². The molecule has 19 heavy (non-hydrogen) atoms. The van der Waals surface area contributed by atoms with Crippen LogP contribution in [0.1, 0.15) is 39.5 Å². The smallest absolute Gasteiger partial charge is 0.143 e. The van der Waals surface area contributed by atoms with Crippen molar-refractivity contribution in [3.05, 3.63) is 30.6 Å². The molecule has 5 heteroatoms. The minimum atomic E-state index is 0.505. The zero-order valence-corrected chi connectivity index (χ0v) is 11.6. The van der Waals surface area contributed by atoms with Crippen molar-refractivity contribution in [1.82, 2.24) is 20.2 Å². The van der Waals surface area contributed by atoms with E-state index in [-0.39, 0.29) is 0 Å². The molecule has 1 aromatic carbocycles. The molecule has 1 heterocycles. The van der Waals surface area contributed by atoms with Crippen LogP contribution in [0.25, 0.3) is 5.69 Å². The minimum Gasteiger partial charge on any atom is -0.383 e. The van der Waals surface area contributed by atoms with E-state index < -0.39 is 0 Å². The number of aromatic nitrogens is 4. The average molecular weight is 259 g/mol. The Labute approximate surface area is 114 Å². The predicted molar refractivity (Wildman–Crippen MR) is 76.4 cm³/mol. The van der Waals surface area contributed by atoms with Crippen molar-refractivity contribution in [2.75, 3.05) is 5.32 Å². The van der Waals surface area contributed by atoms with Gasteiger partial charge in [0, 0.05) is 11.7 Å². The molecule has 0 amide bonds. The number of hydrogen-bond donors (Lipinski definition) is 1. The van der Waals surface area contributed by atoms with Crippen LogP contribution in [0.3, 0.4) is 0 Å². The maximum Gasteiger partial charge on any atom is 0.143 e. The van der Waals surface area contributed by atoms with Gasteiger partial charge in [-0.05, 0) is 48.0 Å². The van der Waals surface area contributed by atoms with Crippen molar-refractivity contribution in [3.63, 3.8) is 0 Å². The number of nitrogens with zero attached hydrogens (tertiary/aromatic N) is 4. The highest BCUT2D eigenvalue weighted by atomic mass is 15.5. The topological polar surface area (TPSA) is 55.6 Å². The van der Waals surface area contributed by atoms with E-state index in [0.29, 0.717) is 6.04 Å². The normalized spacial score (nSPS) is 12.3. The third-order valence-corrected chi connectivity index (χ3v) is 3.13. The van der Waals surface area contributed by atoms with E-state index in [4.69, 9.17) is 0 Å². The molecule has 1 atom stereocenters. The molecule has 1 unspecified atom stereocenters. The Balaban J connectivity index is 1.88. The molecule has 0 aliphatic heterocycles. The predicted octanol–water partition coefficient (Wildman–Crippen LogP) is 3.04. The highest BCUT2D eigenvalue weighted by molar-refractivity contribution is 5.48. The lowest BCUT2D eigenvalue weighted by molar-refractivity contribution is 0.615. The number of unbranched alkanes of at least 4 members (excludes halogenated alkanes) is 2. The van der Waals surface area contributed by atoms with Gasteiger partial charge in [0.2, 0.25) is 0 Å². The van der Waals surface area contributed by atoms with E-state index in [2.05, 4.69) is 46.8 Å². The summed E-state index contributed by atoms with van der Waals surface area (Å²) >= 11 is 0. The Kier molecular flexibility index (Phi) is 4.89. The molecular weight excluding hydrogens is 238 g/mol. The van der Waals surface area contributed by atoms with Crippen LogP contribution in [-0.4, -0.2) is 26.2 Å². The minimum absolute atomic E-state index is 0.505. The molecule has 5 nitrogen and oxygen atoms in total. The van der Waals surface area contributed by atoms with Gasteiger partial charge >= 0.3 is 0 Å². The summed E-state index contributed by atoms with van der Waals surface area (Å²) in [6.07, 6.45) is 6.67. The number of rotatable bonds is 7. The summed E-state index contributed by atoms with van der Waals surface area (Å²) in [6.45, 7) is 4.46. The van der Waals surface area contributed by atoms with Crippen LogP contribution >= 0.6 is 0 Å². The Hall–Kier alpha value is -1.91. The van der Waals surface area contributed by atoms with Gasteiger partial charge in [-0.15, -0.1) is 5.10 Å². The van der Waals surface area contributed by atoms with Crippen molar-refractivity contribution in [2.24, 2.45) is 0 Å². The van der Waals surface area contributed by atoms with Crippen molar-refractivity contribution < 1.29 is 0 Å².